The number of ether oxygens (including phenoxy) is 4. The lowest BCUT2D eigenvalue weighted by Crippen LogP contribution is -2.50. The summed E-state index contributed by atoms with van der Waals surface area (Å²) in [6.45, 7) is 9.53. The van der Waals surface area contributed by atoms with Crippen molar-refractivity contribution in [2.24, 2.45) is 0 Å². The maximum absolute atomic E-state index is 13.7. The Morgan fingerprint density at radius 1 is 0.935 bits per heavy atom. The van der Waals surface area contributed by atoms with E-state index in [2.05, 4.69) is 16.0 Å². The van der Waals surface area contributed by atoms with E-state index in [1.807, 2.05) is 32.9 Å². The van der Waals surface area contributed by atoms with Crippen LogP contribution >= 0.6 is 0 Å². The minimum Gasteiger partial charge on any atom is -0.493 e. The van der Waals surface area contributed by atoms with Crippen LogP contribution in [0.1, 0.15) is 71.0 Å². The predicted octanol–water partition coefficient (Wildman–Crippen LogP) is 4.18. The number of carbonyl (C=O) groups is 3. The van der Waals surface area contributed by atoms with Crippen LogP contribution in [0.3, 0.4) is 0 Å². The molecule has 46 heavy (non-hydrogen) atoms. The topological polar surface area (TPSA) is 145 Å². The third-order valence-corrected chi connectivity index (χ3v) is 8.19. The van der Waals surface area contributed by atoms with Crippen LogP contribution in [0.4, 0.5) is 10.5 Å². The molecule has 12 heteroatoms. The minimum atomic E-state index is -0.692. The van der Waals surface area contributed by atoms with Crippen molar-refractivity contribution in [1.82, 2.24) is 15.5 Å². The molecule has 0 bridgehead atoms. The molecule has 1 aliphatic carbocycles. The predicted molar refractivity (Wildman–Crippen MR) is 175 cm³/mol. The highest BCUT2D eigenvalue weighted by atomic mass is 16.6. The molecular formula is C34H46N4O8. The monoisotopic (exact) mass is 638 g/mol. The van der Waals surface area contributed by atoms with E-state index in [9.17, 15) is 19.2 Å². The number of nitrogens with zero attached hydrogens (tertiary/aromatic N) is 1. The van der Waals surface area contributed by atoms with Crippen molar-refractivity contribution >= 4 is 23.6 Å². The van der Waals surface area contributed by atoms with E-state index in [0.717, 1.165) is 11.1 Å². The van der Waals surface area contributed by atoms with E-state index in [4.69, 9.17) is 18.9 Å². The first-order chi connectivity index (χ1) is 21.8. The van der Waals surface area contributed by atoms with Gasteiger partial charge in [0.2, 0.25) is 23.0 Å². The van der Waals surface area contributed by atoms with Crippen LogP contribution < -0.4 is 35.6 Å². The summed E-state index contributed by atoms with van der Waals surface area (Å²) in [4.78, 5) is 53.2. The van der Waals surface area contributed by atoms with Crippen LogP contribution in [0.25, 0.3) is 11.1 Å². The van der Waals surface area contributed by atoms with E-state index >= 15 is 0 Å². The normalized spacial score (nSPS) is 17.0. The molecule has 0 unspecified atom stereocenters. The Hall–Kier alpha value is -4.48. The molecule has 1 fully saturated rings. The lowest BCUT2D eigenvalue weighted by molar-refractivity contribution is -0.132. The molecule has 0 spiro atoms. The quantitative estimate of drug-likeness (QED) is 0.388. The maximum Gasteiger partial charge on any atom is 0.407 e. The van der Waals surface area contributed by atoms with Gasteiger partial charge in [0.15, 0.2) is 11.5 Å². The number of rotatable bonds is 8. The summed E-state index contributed by atoms with van der Waals surface area (Å²) >= 11 is 0. The van der Waals surface area contributed by atoms with Gasteiger partial charge in [-0.1, -0.05) is 6.07 Å². The minimum absolute atomic E-state index is 0.0889. The molecule has 2 atom stereocenters. The van der Waals surface area contributed by atoms with Crippen LogP contribution in [0.2, 0.25) is 0 Å². The number of nitrogens with one attached hydrogen (secondary N) is 3. The fraction of sp³-hybridized carbons (Fsp3) is 0.529. The van der Waals surface area contributed by atoms with Crippen LogP contribution in [-0.4, -0.2) is 74.9 Å². The van der Waals surface area contributed by atoms with Gasteiger partial charge in [-0.25, -0.2) is 4.79 Å². The lowest BCUT2D eigenvalue weighted by atomic mass is 9.95. The molecule has 2 aliphatic rings. The standard InChI is InChI=1S/C34H46N4O8/c1-19(32(41)38-15-13-22(14-16-38)37-33(42)46-34(3,4)5)35-26-12-10-23-24(18-27(26)40)25(36-20(2)39)11-9-21-17-28(43-6)30(44-7)31(45-8)29(21)23/h10,12,17-19,22,25H,9,11,13-16H2,1-8H3,(H,35,40)(H,36,39)(H,37,42)/t19-,25-/m0/s1. The second kappa shape index (κ2) is 14.3. The number of aryl methyl sites for hydroxylation is 1. The number of methoxy groups -OCH3 is 3. The van der Waals surface area contributed by atoms with Gasteiger partial charge in [-0.05, 0) is 88.3 Å². The van der Waals surface area contributed by atoms with Crippen LogP contribution in [0.5, 0.6) is 17.2 Å². The van der Waals surface area contributed by atoms with Crippen LogP contribution in [-0.2, 0) is 20.7 Å². The molecule has 2 aromatic rings. The van der Waals surface area contributed by atoms with E-state index in [1.165, 1.54) is 20.1 Å². The number of hydrogen-bond acceptors (Lipinski definition) is 9. The molecule has 250 valence electrons. The summed E-state index contributed by atoms with van der Waals surface area (Å²) in [5.41, 5.74) is 2.35. The first kappa shape index (κ1) is 34.4. The highest BCUT2D eigenvalue weighted by Crippen LogP contribution is 2.50. The second-order valence-corrected chi connectivity index (χ2v) is 12.7. The Morgan fingerprint density at radius 2 is 1.61 bits per heavy atom. The molecular weight excluding hydrogens is 592 g/mol. The van der Waals surface area contributed by atoms with Crippen molar-refractivity contribution in [3.05, 3.63) is 45.6 Å². The highest BCUT2D eigenvalue weighted by Gasteiger charge is 2.31. The Kier molecular flexibility index (Phi) is 10.7. The van der Waals surface area contributed by atoms with Gasteiger partial charge in [-0.2, -0.15) is 0 Å². The molecule has 0 saturated carbocycles. The Balaban J connectivity index is 1.61. The largest absolute Gasteiger partial charge is 0.493 e. The molecule has 1 saturated heterocycles. The van der Waals surface area contributed by atoms with Crippen molar-refractivity contribution in [1.29, 1.82) is 0 Å². The highest BCUT2D eigenvalue weighted by molar-refractivity contribution is 5.86. The van der Waals surface area contributed by atoms with E-state index in [-0.39, 0.29) is 29.0 Å². The van der Waals surface area contributed by atoms with Crippen LogP contribution in [0.15, 0.2) is 29.1 Å². The summed E-state index contributed by atoms with van der Waals surface area (Å²) in [6.07, 6.45) is 1.85. The summed E-state index contributed by atoms with van der Waals surface area (Å²) in [5.74, 6) is 1.03. The molecule has 1 heterocycles. The molecule has 1 aliphatic heterocycles. The number of amides is 3. The van der Waals surface area contributed by atoms with Gasteiger partial charge in [0, 0.05) is 31.6 Å². The van der Waals surface area contributed by atoms with E-state index in [1.54, 1.807) is 32.1 Å². The zero-order chi connectivity index (χ0) is 33.8. The summed E-state index contributed by atoms with van der Waals surface area (Å²) in [5, 5.41) is 9.01. The SMILES string of the molecule is COc1cc2c(c(OC)c1OC)-c1ccc(N[C@@H](C)C(=O)N3CCC(NC(=O)OC(C)(C)C)CC3)c(=O)cc1[C@@H](NC(C)=O)CC2. The van der Waals surface area contributed by atoms with Gasteiger partial charge in [-0.3, -0.25) is 14.4 Å². The molecule has 3 amide bonds. The first-order valence-corrected chi connectivity index (χ1v) is 15.6. The van der Waals surface area contributed by atoms with Gasteiger partial charge < -0.3 is 39.8 Å². The fourth-order valence-electron chi connectivity index (χ4n) is 6.11. The van der Waals surface area contributed by atoms with Crippen molar-refractivity contribution in [2.75, 3.05) is 39.7 Å². The number of alkyl carbamates (subject to hydrolysis) is 1. The molecule has 0 radical (unpaired) electrons. The number of piperidine rings is 1. The number of carbonyl (C=O) groups excluding carboxylic acids is 3. The average molecular weight is 639 g/mol. The van der Waals surface area contributed by atoms with Crippen molar-refractivity contribution in [3.8, 4) is 28.4 Å². The first-order valence-electron chi connectivity index (χ1n) is 15.6. The lowest BCUT2D eigenvalue weighted by Gasteiger charge is -2.34. The summed E-state index contributed by atoms with van der Waals surface area (Å²) in [7, 11) is 4.64. The van der Waals surface area contributed by atoms with Gasteiger partial charge in [-0.15, -0.1) is 0 Å². The number of anilines is 1. The third kappa shape index (κ3) is 7.83. The van der Waals surface area contributed by atoms with Gasteiger partial charge in [0.05, 0.1) is 33.1 Å². The number of benzene rings is 1. The Morgan fingerprint density at radius 3 is 2.20 bits per heavy atom. The second-order valence-electron chi connectivity index (χ2n) is 12.7. The van der Waals surface area contributed by atoms with Gasteiger partial charge in [0.25, 0.3) is 0 Å². The van der Waals surface area contributed by atoms with Crippen molar-refractivity contribution < 1.29 is 33.3 Å². The summed E-state index contributed by atoms with van der Waals surface area (Å²) in [6, 6.07) is 5.68. The molecule has 2 aromatic carbocycles. The maximum atomic E-state index is 13.7. The molecule has 0 aromatic heterocycles. The van der Waals surface area contributed by atoms with Gasteiger partial charge in [0.1, 0.15) is 11.6 Å². The zero-order valence-corrected chi connectivity index (χ0v) is 28.0. The number of hydrogen-bond donors (Lipinski definition) is 3. The zero-order valence-electron chi connectivity index (χ0n) is 28.0. The smallest absolute Gasteiger partial charge is 0.407 e. The molecule has 12 nitrogen and oxygen atoms in total. The molecule has 4 rings (SSSR count). The third-order valence-electron chi connectivity index (χ3n) is 8.19. The number of fused-ring (bicyclic) bond motifs is 3. The fourth-order valence-corrected chi connectivity index (χ4v) is 6.11. The average Bonchev–Trinajstić information content (AvgIpc) is 3.23. The van der Waals surface area contributed by atoms with E-state index < -0.39 is 23.8 Å². The van der Waals surface area contributed by atoms with Gasteiger partial charge >= 0.3 is 6.09 Å². The number of likely N-dealkylation sites (tertiary alicyclic amines) is 1. The van der Waals surface area contributed by atoms with Crippen molar-refractivity contribution in [3.63, 3.8) is 0 Å². The van der Waals surface area contributed by atoms with Crippen molar-refractivity contribution in [2.45, 2.75) is 84.0 Å². The molecule has 3 N–H and O–H groups in total. The van der Waals surface area contributed by atoms with E-state index in [0.29, 0.717) is 67.1 Å². The Bertz CT molecular complexity index is 1530. The summed E-state index contributed by atoms with van der Waals surface area (Å²) < 4.78 is 22.4. The Labute approximate surface area is 270 Å². The van der Waals surface area contributed by atoms with Crippen LogP contribution in [0, 0.1) is 0 Å².